The Bertz CT molecular complexity index is 897. The van der Waals surface area contributed by atoms with E-state index < -0.39 is 0 Å². The fourth-order valence-corrected chi connectivity index (χ4v) is 4.01. The van der Waals surface area contributed by atoms with E-state index in [1.165, 1.54) is 12.1 Å². The van der Waals surface area contributed by atoms with Gasteiger partial charge in [0.05, 0.1) is 0 Å². The van der Waals surface area contributed by atoms with Crippen molar-refractivity contribution in [2.45, 2.75) is 38.0 Å². The van der Waals surface area contributed by atoms with E-state index in [1.54, 1.807) is 12.1 Å². The Balaban J connectivity index is 1.70. The van der Waals surface area contributed by atoms with E-state index in [0.29, 0.717) is 19.3 Å². The normalized spacial score (nSPS) is 22.8. The number of halogens is 1. The molecule has 0 radical (unpaired) electrons. The maximum absolute atomic E-state index is 13.2. The summed E-state index contributed by atoms with van der Waals surface area (Å²) < 4.78 is 13.2. The fraction of sp³-hybridized carbons (Fsp3) is 0.273. The summed E-state index contributed by atoms with van der Waals surface area (Å²) in [6.07, 6.45) is 1.29. The highest BCUT2D eigenvalue weighted by Crippen LogP contribution is 2.42. The number of benzene rings is 2. The number of aryl methyl sites for hydroxylation is 1. The van der Waals surface area contributed by atoms with Crippen molar-refractivity contribution in [2.75, 3.05) is 0 Å². The van der Waals surface area contributed by atoms with Gasteiger partial charge in [0.25, 0.3) is 0 Å². The van der Waals surface area contributed by atoms with Gasteiger partial charge in [0.1, 0.15) is 5.82 Å². The van der Waals surface area contributed by atoms with Crippen LogP contribution in [-0.2, 0) is 9.59 Å². The summed E-state index contributed by atoms with van der Waals surface area (Å²) in [5.74, 6) is -0.478. The van der Waals surface area contributed by atoms with E-state index in [-0.39, 0.29) is 29.3 Å². The van der Waals surface area contributed by atoms with Gasteiger partial charge in [-0.15, -0.1) is 0 Å². The lowest BCUT2D eigenvalue weighted by Gasteiger charge is -2.34. The highest BCUT2D eigenvalue weighted by Gasteiger charge is 2.38. The van der Waals surface area contributed by atoms with Gasteiger partial charge < -0.3 is 5.32 Å². The second-order valence-electron chi connectivity index (χ2n) is 7.19. The van der Waals surface area contributed by atoms with E-state index in [4.69, 9.17) is 0 Å². The average molecular weight is 349 g/mol. The molecule has 0 unspecified atom stereocenters. The third-order valence-electron chi connectivity index (χ3n) is 5.36. The van der Waals surface area contributed by atoms with E-state index >= 15 is 0 Å². The summed E-state index contributed by atoms with van der Waals surface area (Å²) in [6, 6.07) is 14.3. The smallest absolute Gasteiger partial charge is 0.225 e. The quantitative estimate of drug-likeness (QED) is 0.886. The van der Waals surface area contributed by atoms with Crippen molar-refractivity contribution < 1.29 is 14.0 Å². The van der Waals surface area contributed by atoms with Crippen LogP contribution >= 0.6 is 0 Å². The molecule has 0 aromatic heterocycles. The standard InChI is InChI=1S/C22H20FNO2/c1-13-2-4-15(5-3-13)18-12-21(26)24-19-10-16(11-20(25)22(18)19)14-6-8-17(23)9-7-14/h2-9,16,18H,10-12H2,1H3,(H,24,26)/t16-,18-/m1/s1. The molecule has 2 atom stereocenters. The Hall–Kier alpha value is -2.75. The molecule has 1 heterocycles. The van der Waals surface area contributed by atoms with Crippen LogP contribution in [0, 0.1) is 12.7 Å². The van der Waals surface area contributed by atoms with E-state index in [9.17, 15) is 14.0 Å². The molecule has 132 valence electrons. The van der Waals surface area contributed by atoms with E-state index in [2.05, 4.69) is 5.32 Å². The lowest BCUT2D eigenvalue weighted by atomic mass is 9.73. The Morgan fingerprint density at radius 1 is 0.885 bits per heavy atom. The van der Waals surface area contributed by atoms with Crippen molar-refractivity contribution in [3.8, 4) is 0 Å². The molecule has 4 heteroatoms. The summed E-state index contributed by atoms with van der Waals surface area (Å²) in [7, 11) is 0. The Morgan fingerprint density at radius 3 is 2.23 bits per heavy atom. The molecular formula is C22H20FNO2. The van der Waals surface area contributed by atoms with Crippen LogP contribution in [-0.4, -0.2) is 11.7 Å². The lowest BCUT2D eigenvalue weighted by Crippen LogP contribution is -2.38. The third-order valence-corrected chi connectivity index (χ3v) is 5.36. The highest BCUT2D eigenvalue weighted by molar-refractivity contribution is 6.02. The van der Waals surface area contributed by atoms with Crippen LogP contribution in [0.1, 0.15) is 47.8 Å². The number of allylic oxidation sites excluding steroid dienone is 2. The maximum Gasteiger partial charge on any atom is 0.225 e. The van der Waals surface area contributed by atoms with Crippen molar-refractivity contribution in [1.82, 2.24) is 5.32 Å². The fourth-order valence-electron chi connectivity index (χ4n) is 4.01. The zero-order chi connectivity index (χ0) is 18.3. The van der Waals surface area contributed by atoms with Crippen LogP contribution in [0.25, 0.3) is 0 Å². The molecule has 4 rings (SSSR count). The number of rotatable bonds is 2. The topological polar surface area (TPSA) is 46.2 Å². The van der Waals surface area contributed by atoms with Crippen LogP contribution in [0.3, 0.4) is 0 Å². The van der Waals surface area contributed by atoms with Crippen LogP contribution in [0.2, 0.25) is 0 Å². The second-order valence-corrected chi connectivity index (χ2v) is 7.19. The maximum atomic E-state index is 13.2. The zero-order valence-electron chi connectivity index (χ0n) is 14.6. The molecule has 1 amide bonds. The number of nitrogens with one attached hydrogen (secondary N) is 1. The first kappa shape index (κ1) is 16.7. The molecule has 26 heavy (non-hydrogen) atoms. The minimum absolute atomic E-state index is 0.0288. The van der Waals surface area contributed by atoms with Crippen LogP contribution in [0.5, 0.6) is 0 Å². The van der Waals surface area contributed by atoms with Gasteiger partial charge in [0.2, 0.25) is 5.91 Å². The molecule has 0 bridgehead atoms. The molecule has 0 saturated carbocycles. The highest BCUT2D eigenvalue weighted by atomic mass is 19.1. The number of hydrogen-bond donors (Lipinski definition) is 1. The monoisotopic (exact) mass is 349 g/mol. The number of carbonyl (C=O) groups is 2. The molecule has 1 aliphatic carbocycles. The molecule has 2 aliphatic rings. The summed E-state index contributed by atoms with van der Waals surface area (Å²) in [6.45, 7) is 2.01. The van der Waals surface area contributed by atoms with Gasteiger partial charge in [0.15, 0.2) is 5.78 Å². The summed E-state index contributed by atoms with van der Waals surface area (Å²) in [5, 5.41) is 2.92. The molecule has 0 saturated heterocycles. The molecule has 0 fully saturated rings. The molecule has 2 aromatic rings. The van der Waals surface area contributed by atoms with Crippen molar-refractivity contribution in [2.24, 2.45) is 0 Å². The minimum Gasteiger partial charge on any atom is -0.329 e. The number of Topliss-reactive ketones (excluding diaryl/α,β-unsaturated/α-hetero) is 1. The van der Waals surface area contributed by atoms with Gasteiger partial charge >= 0.3 is 0 Å². The molecule has 2 aromatic carbocycles. The zero-order valence-corrected chi connectivity index (χ0v) is 14.6. The lowest BCUT2D eigenvalue weighted by molar-refractivity contribution is -0.122. The number of amides is 1. The summed E-state index contributed by atoms with van der Waals surface area (Å²) in [5.41, 5.74) is 4.56. The second kappa shape index (κ2) is 6.52. The van der Waals surface area contributed by atoms with E-state index in [1.807, 2.05) is 31.2 Å². The largest absolute Gasteiger partial charge is 0.329 e. The minimum atomic E-state index is -0.291. The molecule has 3 nitrogen and oxygen atoms in total. The predicted molar refractivity (Wildman–Crippen MR) is 97.1 cm³/mol. The summed E-state index contributed by atoms with van der Waals surface area (Å²) in [4.78, 5) is 25.2. The van der Waals surface area contributed by atoms with Gasteiger partial charge in [-0.25, -0.2) is 4.39 Å². The van der Waals surface area contributed by atoms with Gasteiger partial charge in [0, 0.05) is 30.0 Å². The Morgan fingerprint density at radius 2 is 1.54 bits per heavy atom. The van der Waals surface area contributed by atoms with Gasteiger partial charge in [-0.05, 0) is 42.5 Å². The number of hydrogen-bond acceptors (Lipinski definition) is 2. The Kier molecular flexibility index (Phi) is 4.19. The van der Waals surface area contributed by atoms with Crippen molar-refractivity contribution in [1.29, 1.82) is 0 Å². The third kappa shape index (κ3) is 3.07. The molecule has 0 spiro atoms. The SMILES string of the molecule is Cc1ccc([C@H]2CC(=O)NC3=C2C(=O)C[C@H](c2ccc(F)cc2)C3)cc1. The first-order chi connectivity index (χ1) is 12.5. The summed E-state index contributed by atoms with van der Waals surface area (Å²) >= 11 is 0. The Labute approximate surface area is 151 Å². The number of ketones is 1. The number of carbonyl (C=O) groups excluding carboxylic acids is 2. The predicted octanol–water partition coefficient (Wildman–Crippen LogP) is 4.14. The average Bonchev–Trinajstić information content (AvgIpc) is 2.62. The first-order valence-corrected chi connectivity index (χ1v) is 8.89. The van der Waals surface area contributed by atoms with Crippen LogP contribution in [0.4, 0.5) is 4.39 Å². The first-order valence-electron chi connectivity index (χ1n) is 8.89. The van der Waals surface area contributed by atoms with Crippen molar-refractivity contribution in [3.05, 3.63) is 82.3 Å². The van der Waals surface area contributed by atoms with E-state index in [0.717, 1.165) is 28.0 Å². The van der Waals surface area contributed by atoms with Crippen LogP contribution in [0.15, 0.2) is 59.8 Å². The molecule has 1 aliphatic heterocycles. The van der Waals surface area contributed by atoms with Crippen molar-refractivity contribution in [3.63, 3.8) is 0 Å². The van der Waals surface area contributed by atoms with Gasteiger partial charge in [-0.2, -0.15) is 0 Å². The van der Waals surface area contributed by atoms with Gasteiger partial charge in [-0.3, -0.25) is 9.59 Å². The van der Waals surface area contributed by atoms with Crippen LogP contribution < -0.4 is 5.32 Å². The molecular weight excluding hydrogens is 329 g/mol. The van der Waals surface area contributed by atoms with Gasteiger partial charge in [-0.1, -0.05) is 42.0 Å². The van der Waals surface area contributed by atoms with Crippen molar-refractivity contribution >= 4 is 11.7 Å². The molecule has 1 N–H and O–H groups in total.